The molecule has 2 aromatic carbocycles. The van der Waals surface area contributed by atoms with Crippen molar-refractivity contribution < 1.29 is 24.2 Å². The van der Waals surface area contributed by atoms with Gasteiger partial charge in [-0.25, -0.2) is 4.79 Å². The maximum absolute atomic E-state index is 14.2. The van der Waals surface area contributed by atoms with Crippen molar-refractivity contribution in [1.29, 1.82) is 5.26 Å². The lowest BCUT2D eigenvalue weighted by molar-refractivity contribution is -0.142. The number of carbonyl (C=O) groups is 3. The van der Waals surface area contributed by atoms with Crippen LogP contribution >= 0.6 is 0 Å². The zero-order valence-electron chi connectivity index (χ0n) is 23.8. The summed E-state index contributed by atoms with van der Waals surface area (Å²) in [7, 11) is 0. The molecule has 0 heterocycles. The van der Waals surface area contributed by atoms with Gasteiger partial charge in [-0.3, -0.25) is 9.59 Å². The Kier molecular flexibility index (Phi) is 10.5. The van der Waals surface area contributed by atoms with E-state index < -0.39 is 42.1 Å². The molecule has 0 bridgehead atoms. The van der Waals surface area contributed by atoms with Crippen LogP contribution in [0.5, 0.6) is 5.75 Å². The molecule has 0 aliphatic heterocycles. The van der Waals surface area contributed by atoms with E-state index in [1.165, 1.54) is 0 Å². The lowest BCUT2D eigenvalue weighted by Gasteiger charge is -2.34. The molecular formula is C31H40N4O5. The monoisotopic (exact) mass is 548 g/mol. The number of alkyl carbamates (subject to hydrolysis) is 1. The van der Waals surface area contributed by atoms with Gasteiger partial charge < -0.3 is 25.4 Å². The minimum absolute atomic E-state index is 0.0604. The summed E-state index contributed by atoms with van der Waals surface area (Å²) in [5, 5.41) is 26.5. The molecule has 9 nitrogen and oxygen atoms in total. The Morgan fingerprint density at radius 3 is 2.38 bits per heavy atom. The molecule has 40 heavy (non-hydrogen) atoms. The number of phenols is 1. The highest BCUT2D eigenvalue weighted by molar-refractivity contribution is 5.93. The van der Waals surface area contributed by atoms with Gasteiger partial charge in [0.1, 0.15) is 30.0 Å². The quantitative estimate of drug-likeness (QED) is 0.390. The van der Waals surface area contributed by atoms with Crippen molar-refractivity contribution >= 4 is 17.9 Å². The third-order valence-electron chi connectivity index (χ3n) is 6.87. The topological polar surface area (TPSA) is 132 Å². The summed E-state index contributed by atoms with van der Waals surface area (Å²) in [5.74, 6) is -1.24. The van der Waals surface area contributed by atoms with E-state index in [4.69, 9.17) is 4.74 Å². The van der Waals surface area contributed by atoms with Crippen LogP contribution < -0.4 is 10.6 Å². The van der Waals surface area contributed by atoms with Crippen molar-refractivity contribution in [2.45, 2.75) is 89.9 Å². The lowest BCUT2D eigenvalue weighted by atomic mass is 9.94. The summed E-state index contributed by atoms with van der Waals surface area (Å²) < 4.78 is 5.42. The van der Waals surface area contributed by atoms with Crippen molar-refractivity contribution in [3.63, 3.8) is 0 Å². The van der Waals surface area contributed by atoms with Crippen LogP contribution in [0.1, 0.15) is 75.6 Å². The Balaban J connectivity index is 2.02. The fourth-order valence-corrected chi connectivity index (χ4v) is 4.95. The molecule has 1 aliphatic carbocycles. The van der Waals surface area contributed by atoms with E-state index in [0.29, 0.717) is 5.56 Å². The summed E-state index contributed by atoms with van der Waals surface area (Å²) in [4.78, 5) is 42.0. The highest BCUT2D eigenvalue weighted by atomic mass is 16.6. The number of hydrogen-bond acceptors (Lipinski definition) is 6. The van der Waals surface area contributed by atoms with E-state index in [-0.39, 0.29) is 23.8 Å². The summed E-state index contributed by atoms with van der Waals surface area (Å²) in [6.45, 7) is 6.42. The van der Waals surface area contributed by atoms with Crippen molar-refractivity contribution in [1.82, 2.24) is 15.5 Å². The van der Waals surface area contributed by atoms with Crippen molar-refractivity contribution in [2.75, 3.05) is 6.54 Å². The van der Waals surface area contributed by atoms with E-state index in [1.807, 2.05) is 36.4 Å². The Morgan fingerprint density at radius 2 is 1.75 bits per heavy atom. The van der Waals surface area contributed by atoms with Gasteiger partial charge in [0.15, 0.2) is 0 Å². The zero-order chi connectivity index (χ0) is 29.3. The molecular weight excluding hydrogens is 508 g/mol. The number of hydrogen-bond donors (Lipinski definition) is 3. The molecule has 1 saturated carbocycles. The number of ether oxygens (including phenoxy) is 1. The predicted octanol–water partition coefficient (Wildman–Crippen LogP) is 4.68. The Hall–Kier alpha value is -4.06. The maximum Gasteiger partial charge on any atom is 0.408 e. The molecule has 0 aromatic heterocycles. The molecule has 1 fully saturated rings. The number of para-hydroxylation sites is 1. The minimum atomic E-state index is -1.28. The van der Waals surface area contributed by atoms with Gasteiger partial charge in [-0.05, 0) is 51.7 Å². The van der Waals surface area contributed by atoms with Gasteiger partial charge in [0, 0.05) is 18.0 Å². The number of nitrogens with zero attached hydrogens (tertiary/aromatic N) is 2. The number of carbonyl (C=O) groups excluding carboxylic acids is 3. The van der Waals surface area contributed by atoms with Crippen LogP contribution in [0.2, 0.25) is 0 Å². The average Bonchev–Trinajstić information content (AvgIpc) is 2.90. The Morgan fingerprint density at radius 1 is 1.07 bits per heavy atom. The molecule has 3 amide bonds. The molecule has 2 aromatic rings. The highest BCUT2D eigenvalue weighted by Gasteiger charge is 2.38. The van der Waals surface area contributed by atoms with E-state index >= 15 is 0 Å². The van der Waals surface area contributed by atoms with E-state index in [0.717, 1.165) is 42.6 Å². The number of phenolic OH excluding ortho intramolecular Hbond substituents is 1. The molecule has 214 valence electrons. The molecule has 3 rings (SSSR count). The largest absolute Gasteiger partial charge is 0.507 e. The molecule has 9 heteroatoms. The summed E-state index contributed by atoms with van der Waals surface area (Å²) in [5.41, 5.74) is 0.722. The van der Waals surface area contributed by atoms with Gasteiger partial charge in [0.2, 0.25) is 11.8 Å². The first-order chi connectivity index (χ1) is 19.0. The van der Waals surface area contributed by atoms with Crippen LogP contribution in [0.15, 0.2) is 48.5 Å². The van der Waals surface area contributed by atoms with Gasteiger partial charge in [-0.1, -0.05) is 67.8 Å². The normalized spacial score (nSPS) is 15.3. The van der Waals surface area contributed by atoms with Crippen molar-refractivity contribution in [3.8, 4) is 11.8 Å². The van der Waals surface area contributed by atoms with Gasteiger partial charge in [0.05, 0.1) is 6.07 Å². The second-order valence-corrected chi connectivity index (χ2v) is 11.3. The first-order valence-corrected chi connectivity index (χ1v) is 13.8. The summed E-state index contributed by atoms with van der Waals surface area (Å²) in [6, 6.07) is 13.6. The standard InChI is InChI=1S/C31H40N4O5/c1-21-12-11-17-24(27(21)36)26(28(37)33-23-15-9-6-10-16-23)35(19-18-32)29(38)25(20-22-13-7-5-8-14-22)34-30(39)40-31(2,3)4/h5,7-8,11-14,17,23,25-26,36H,6,9-10,15-16,19-20H2,1-4H3,(H,33,37)(H,34,39). The van der Waals surface area contributed by atoms with Gasteiger partial charge in [0.25, 0.3) is 0 Å². The second-order valence-electron chi connectivity index (χ2n) is 11.3. The fraction of sp³-hybridized carbons (Fsp3) is 0.484. The van der Waals surface area contributed by atoms with E-state index in [1.54, 1.807) is 45.9 Å². The second kappa shape index (κ2) is 13.8. The summed E-state index contributed by atoms with van der Waals surface area (Å²) in [6.07, 6.45) is 4.04. The first-order valence-electron chi connectivity index (χ1n) is 13.8. The molecule has 0 spiro atoms. The van der Waals surface area contributed by atoms with Crippen LogP contribution in [0.3, 0.4) is 0 Å². The number of benzene rings is 2. The minimum Gasteiger partial charge on any atom is -0.507 e. The molecule has 2 unspecified atom stereocenters. The van der Waals surface area contributed by atoms with Crippen LogP contribution in [-0.2, 0) is 20.7 Å². The third-order valence-corrected chi connectivity index (χ3v) is 6.87. The van der Waals surface area contributed by atoms with Crippen LogP contribution in [0.25, 0.3) is 0 Å². The third kappa shape index (κ3) is 8.47. The van der Waals surface area contributed by atoms with Gasteiger partial charge in [-0.2, -0.15) is 5.26 Å². The lowest BCUT2D eigenvalue weighted by Crippen LogP contribution is -2.54. The van der Waals surface area contributed by atoms with Gasteiger partial charge in [-0.15, -0.1) is 0 Å². The van der Waals surface area contributed by atoms with E-state index in [2.05, 4.69) is 10.6 Å². The van der Waals surface area contributed by atoms with Crippen LogP contribution in [-0.4, -0.2) is 52.1 Å². The highest BCUT2D eigenvalue weighted by Crippen LogP contribution is 2.33. The number of rotatable bonds is 9. The molecule has 0 radical (unpaired) electrons. The molecule has 3 N–H and O–H groups in total. The van der Waals surface area contributed by atoms with Crippen molar-refractivity contribution in [3.05, 3.63) is 65.2 Å². The zero-order valence-corrected chi connectivity index (χ0v) is 23.8. The van der Waals surface area contributed by atoms with Crippen LogP contribution in [0, 0.1) is 18.3 Å². The van der Waals surface area contributed by atoms with Gasteiger partial charge >= 0.3 is 6.09 Å². The Bertz CT molecular complexity index is 1210. The number of nitrogens with one attached hydrogen (secondary N) is 2. The number of nitriles is 1. The van der Waals surface area contributed by atoms with E-state index in [9.17, 15) is 24.8 Å². The summed E-state index contributed by atoms with van der Waals surface area (Å²) >= 11 is 0. The van der Waals surface area contributed by atoms with Crippen LogP contribution in [0.4, 0.5) is 4.79 Å². The SMILES string of the molecule is Cc1cccc(C(C(=O)NC2CCCCC2)N(CC#N)C(=O)C(Cc2ccccc2)NC(=O)OC(C)(C)C)c1O. The molecule has 1 aliphatic rings. The number of aromatic hydroxyl groups is 1. The molecule has 2 atom stereocenters. The fourth-order valence-electron chi connectivity index (χ4n) is 4.95. The maximum atomic E-state index is 14.2. The van der Waals surface area contributed by atoms with Crippen molar-refractivity contribution in [2.24, 2.45) is 0 Å². The number of aryl methyl sites for hydroxylation is 1. The predicted molar refractivity (Wildman–Crippen MR) is 151 cm³/mol. The average molecular weight is 549 g/mol. The molecule has 0 saturated heterocycles. The smallest absolute Gasteiger partial charge is 0.408 e. The Labute approximate surface area is 236 Å². The first kappa shape index (κ1) is 30.5. The number of amides is 3.